The number of rotatable bonds is 3. The second-order valence-corrected chi connectivity index (χ2v) is 3.39. The Morgan fingerprint density at radius 3 is 2.85 bits per heavy atom. The Kier molecular flexibility index (Phi) is 3.52. The van der Waals surface area contributed by atoms with E-state index in [0.29, 0.717) is 0 Å². The molecule has 70 valence electrons. The molecule has 0 amide bonds. The Morgan fingerprint density at radius 2 is 2.31 bits per heavy atom. The molecule has 1 rings (SSSR count). The first-order valence-corrected chi connectivity index (χ1v) is 4.73. The van der Waals surface area contributed by atoms with Crippen LogP contribution in [0.4, 0.5) is 0 Å². The maximum Gasteiger partial charge on any atom is 0.0481 e. The van der Waals surface area contributed by atoms with Crippen LogP contribution in [0.2, 0.25) is 5.02 Å². The number of hydrogen-bond acceptors (Lipinski definition) is 1. The normalized spacial score (nSPS) is 12.5. The molecule has 0 saturated carbocycles. The van der Waals surface area contributed by atoms with Crippen molar-refractivity contribution >= 4 is 11.6 Å². The van der Waals surface area contributed by atoms with Crippen molar-refractivity contribution in [1.29, 1.82) is 0 Å². The summed E-state index contributed by atoms with van der Waals surface area (Å²) >= 11 is 5.88. The van der Waals surface area contributed by atoms with Crippen LogP contribution < -0.4 is 5.73 Å². The third kappa shape index (κ3) is 2.33. The zero-order chi connectivity index (χ0) is 9.84. The van der Waals surface area contributed by atoms with E-state index < -0.39 is 0 Å². The van der Waals surface area contributed by atoms with Crippen LogP contribution in [0.1, 0.15) is 24.1 Å². The van der Waals surface area contributed by atoms with Crippen LogP contribution in [-0.2, 0) is 6.42 Å². The molecule has 0 aliphatic rings. The van der Waals surface area contributed by atoms with Crippen molar-refractivity contribution in [2.24, 2.45) is 5.73 Å². The van der Waals surface area contributed by atoms with E-state index in [9.17, 15) is 0 Å². The van der Waals surface area contributed by atoms with E-state index in [1.165, 1.54) is 5.56 Å². The number of halogens is 1. The zero-order valence-electron chi connectivity index (χ0n) is 7.76. The van der Waals surface area contributed by atoms with Gasteiger partial charge in [-0.05, 0) is 29.7 Å². The van der Waals surface area contributed by atoms with E-state index in [4.69, 9.17) is 17.3 Å². The van der Waals surface area contributed by atoms with Crippen molar-refractivity contribution in [3.8, 4) is 0 Å². The molecule has 1 aromatic carbocycles. The predicted molar refractivity (Wildman–Crippen MR) is 58.0 cm³/mol. The van der Waals surface area contributed by atoms with Gasteiger partial charge in [-0.25, -0.2) is 0 Å². The van der Waals surface area contributed by atoms with Crippen molar-refractivity contribution in [2.75, 3.05) is 0 Å². The molecule has 0 fully saturated rings. The fourth-order valence-electron chi connectivity index (χ4n) is 1.33. The highest BCUT2D eigenvalue weighted by Gasteiger charge is 2.06. The number of nitrogens with two attached hydrogens (primary N) is 1. The largest absolute Gasteiger partial charge is 0.321 e. The minimum Gasteiger partial charge on any atom is -0.321 e. The van der Waals surface area contributed by atoms with Gasteiger partial charge in [0.1, 0.15) is 0 Å². The van der Waals surface area contributed by atoms with E-state index in [-0.39, 0.29) is 6.04 Å². The van der Waals surface area contributed by atoms with Crippen LogP contribution in [-0.4, -0.2) is 0 Å². The van der Waals surface area contributed by atoms with Gasteiger partial charge in [-0.15, -0.1) is 6.58 Å². The predicted octanol–water partition coefficient (Wildman–Crippen LogP) is 3.09. The quantitative estimate of drug-likeness (QED) is 0.738. The highest BCUT2D eigenvalue weighted by atomic mass is 35.5. The lowest BCUT2D eigenvalue weighted by molar-refractivity contribution is 0.886. The van der Waals surface area contributed by atoms with E-state index in [1.807, 2.05) is 18.2 Å². The molecule has 2 heteroatoms. The summed E-state index contributed by atoms with van der Waals surface area (Å²) in [5.41, 5.74) is 8.17. The Hall–Kier alpha value is -0.790. The first-order chi connectivity index (χ1) is 6.19. The second-order valence-electron chi connectivity index (χ2n) is 2.96. The molecule has 0 aliphatic carbocycles. The summed E-state index contributed by atoms with van der Waals surface area (Å²) in [7, 11) is 0. The Labute approximate surface area is 84.2 Å². The van der Waals surface area contributed by atoms with E-state index in [2.05, 4.69) is 13.5 Å². The Bertz CT molecular complexity index is 307. The third-order valence-electron chi connectivity index (χ3n) is 2.10. The van der Waals surface area contributed by atoms with Crippen molar-refractivity contribution in [3.63, 3.8) is 0 Å². The maximum atomic E-state index is 5.88. The van der Waals surface area contributed by atoms with Crippen molar-refractivity contribution in [1.82, 2.24) is 0 Å². The molecular formula is C11H14ClN. The average molecular weight is 196 g/mol. The Balaban J connectivity index is 3.12. The summed E-state index contributed by atoms with van der Waals surface area (Å²) in [6, 6.07) is 5.69. The van der Waals surface area contributed by atoms with Gasteiger partial charge in [0.25, 0.3) is 0 Å². The minimum absolute atomic E-state index is 0.0905. The summed E-state index contributed by atoms with van der Waals surface area (Å²) in [5.74, 6) is 0. The summed E-state index contributed by atoms with van der Waals surface area (Å²) < 4.78 is 0. The van der Waals surface area contributed by atoms with Gasteiger partial charge in [0.2, 0.25) is 0 Å². The molecule has 0 radical (unpaired) electrons. The molecular weight excluding hydrogens is 182 g/mol. The molecule has 2 N–H and O–H groups in total. The van der Waals surface area contributed by atoms with Crippen LogP contribution >= 0.6 is 11.6 Å². The molecule has 0 aliphatic heterocycles. The molecule has 0 bridgehead atoms. The lowest BCUT2D eigenvalue weighted by Crippen LogP contribution is -2.09. The molecule has 13 heavy (non-hydrogen) atoms. The molecule has 1 nitrogen and oxygen atoms in total. The van der Waals surface area contributed by atoms with Crippen LogP contribution in [0, 0.1) is 0 Å². The lowest BCUT2D eigenvalue weighted by Gasteiger charge is -2.12. The molecule has 0 saturated heterocycles. The number of benzene rings is 1. The molecule has 1 aromatic rings. The third-order valence-corrected chi connectivity index (χ3v) is 2.33. The fraction of sp³-hybridized carbons (Fsp3) is 0.273. The zero-order valence-corrected chi connectivity index (χ0v) is 8.51. The van der Waals surface area contributed by atoms with Crippen molar-refractivity contribution < 1.29 is 0 Å². The summed E-state index contributed by atoms with van der Waals surface area (Å²) in [6.45, 7) is 5.77. The van der Waals surface area contributed by atoms with E-state index in [0.717, 1.165) is 17.0 Å². The highest BCUT2D eigenvalue weighted by molar-refractivity contribution is 6.30. The molecule has 1 unspecified atom stereocenters. The van der Waals surface area contributed by atoms with Gasteiger partial charge in [0.05, 0.1) is 0 Å². The van der Waals surface area contributed by atoms with Gasteiger partial charge < -0.3 is 5.73 Å². The summed E-state index contributed by atoms with van der Waals surface area (Å²) in [5, 5.41) is 0.761. The van der Waals surface area contributed by atoms with Gasteiger partial charge >= 0.3 is 0 Å². The maximum absolute atomic E-state index is 5.88. The summed E-state index contributed by atoms with van der Waals surface area (Å²) in [6.07, 6.45) is 2.68. The monoisotopic (exact) mass is 195 g/mol. The number of hydrogen-bond donors (Lipinski definition) is 1. The Morgan fingerprint density at radius 1 is 1.62 bits per heavy atom. The van der Waals surface area contributed by atoms with Gasteiger partial charge in [-0.3, -0.25) is 0 Å². The molecule has 1 atom stereocenters. The fourth-order valence-corrected chi connectivity index (χ4v) is 1.53. The topological polar surface area (TPSA) is 26.0 Å². The first-order valence-electron chi connectivity index (χ1n) is 4.35. The lowest BCUT2D eigenvalue weighted by atomic mass is 9.99. The minimum atomic E-state index is -0.0905. The smallest absolute Gasteiger partial charge is 0.0481 e. The SMILES string of the molecule is C=CC(N)c1ccc(Cl)cc1CC. The number of aryl methyl sites for hydroxylation is 1. The highest BCUT2D eigenvalue weighted by Crippen LogP contribution is 2.21. The van der Waals surface area contributed by atoms with Gasteiger partial charge in [-0.1, -0.05) is 30.7 Å². The molecule has 0 aromatic heterocycles. The van der Waals surface area contributed by atoms with Crippen LogP contribution in [0.25, 0.3) is 0 Å². The van der Waals surface area contributed by atoms with Crippen molar-refractivity contribution in [2.45, 2.75) is 19.4 Å². The van der Waals surface area contributed by atoms with E-state index in [1.54, 1.807) is 6.08 Å². The standard InChI is InChI=1S/C11H14ClN/c1-3-8-7-9(12)5-6-10(8)11(13)4-2/h4-7,11H,2-3,13H2,1H3. The molecule has 0 heterocycles. The summed E-state index contributed by atoms with van der Waals surface area (Å²) in [4.78, 5) is 0. The second kappa shape index (κ2) is 4.45. The van der Waals surface area contributed by atoms with Crippen LogP contribution in [0.15, 0.2) is 30.9 Å². The van der Waals surface area contributed by atoms with Crippen LogP contribution in [0.3, 0.4) is 0 Å². The van der Waals surface area contributed by atoms with Gasteiger partial charge in [0.15, 0.2) is 0 Å². The average Bonchev–Trinajstić information content (AvgIpc) is 2.16. The van der Waals surface area contributed by atoms with Gasteiger partial charge in [0, 0.05) is 11.1 Å². The van der Waals surface area contributed by atoms with Crippen LogP contribution in [0.5, 0.6) is 0 Å². The van der Waals surface area contributed by atoms with Crippen molar-refractivity contribution in [3.05, 3.63) is 47.0 Å². The molecule has 0 spiro atoms. The van der Waals surface area contributed by atoms with E-state index >= 15 is 0 Å². The first kappa shape index (κ1) is 10.3. The van der Waals surface area contributed by atoms with Gasteiger partial charge in [-0.2, -0.15) is 0 Å².